The van der Waals surface area contributed by atoms with Crippen LogP contribution in [0.1, 0.15) is 63.5 Å². The Morgan fingerprint density at radius 2 is 1.96 bits per heavy atom. The molecule has 23 heavy (non-hydrogen) atoms. The van der Waals surface area contributed by atoms with E-state index in [0.29, 0.717) is 6.42 Å². The maximum absolute atomic E-state index is 12.1. The van der Waals surface area contributed by atoms with Gasteiger partial charge in [-0.05, 0) is 56.8 Å². The van der Waals surface area contributed by atoms with Crippen molar-refractivity contribution in [2.75, 3.05) is 24.5 Å². The average Bonchev–Trinajstić information content (AvgIpc) is 3.09. The zero-order chi connectivity index (χ0) is 16.5. The Balaban J connectivity index is 1.79. The second-order valence-corrected chi connectivity index (χ2v) is 6.53. The van der Waals surface area contributed by atoms with Crippen molar-refractivity contribution in [3.63, 3.8) is 0 Å². The van der Waals surface area contributed by atoms with Crippen LogP contribution >= 0.6 is 0 Å². The summed E-state index contributed by atoms with van der Waals surface area (Å²) in [5, 5.41) is 3.12. The van der Waals surface area contributed by atoms with Gasteiger partial charge in [0.2, 0.25) is 5.91 Å². The summed E-state index contributed by atoms with van der Waals surface area (Å²) >= 11 is 0. The van der Waals surface area contributed by atoms with Crippen molar-refractivity contribution in [3.05, 3.63) is 29.8 Å². The molecule has 0 saturated carbocycles. The Bertz CT molecular complexity index is 483. The van der Waals surface area contributed by atoms with Crippen molar-refractivity contribution in [2.45, 2.75) is 57.9 Å². The number of nitrogens with two attached hydrogens (primary N) is 1. The molecule has 1 saturated heterocycles. The van der Waals surface area contributed by atoms with E-state index in [2.05, 4.69) is 41.4 Å². The van der Waals surface area contributed by atoms with E-state index in [1.165, 1.54) is 24.1 Å². The normalized spacial score (nSPS) is 15.7. The standard InChI is InChI=1S/C19H31N3O/c1-16(21-19(23)11-4-2-3-5-12-20)17-9-8-10-18(15-17)22-13-6-7-14-22/h8-10,15-16H,2-7,11-14,20H2,1H3,(H,21,23). The fourth-order valence-electron chi connectivity index (χ4n) is 3.15. The summed E-state index contributed by atoms with van der Waals surface area (Å²) in [5.41, 5.74) is 7.94. The third kappa shape index (κ3) is 5.87. The Morgan fingerprint density at radius 3 is 2.70 bits per heavy atom. The zero-order valence-electron chi connectivity index (χ0n) is 14.4. The molecule has 1 aromatic rings. The highest BCUT2D eigenvalue weighted by atomic mass is 16.1. The molecule has 0 spiro atoms. The number of rotatable bonds is 9. The van der Waals surface area contributed by atoms with Crippen LogP contribution in [0.15, 0.2) is 24.3 Å². The molecule has 1 aromatic carbocycles. The molecule has 0 bridgehead atoms. The summed E-state index contributed by atoms with van der Waals surface area (Å²) in [5.74, 6) is 0.150. The van der Waals surface area contributed by atoms with Crippen LogP contribution in [0.2, 0.25) is 0 Å². The molecule has 1 amide bonds. The van der Waals surface area contributed by atoms with Crippen LogP contribution in [0.25, 0.3) is 0 Å². The molecule has 0 aliphatic carbocycles. The summed E-state index contributed by atoms with van der Waals surface area (Å²) in [4.78, 5) is 14.5. The monoisotopic (exact) mass is 317 g/mol. The van der Waals surface area contributed by atoms with Gasteiger partial charge in [0.1, 0.15) is 0 Å². The van der Waals surface area contributed by atoms with Crippen molar-refractivity contribution in [1.82, 2.24) is 5.32 Å². The maximum atomic E-state index is 12.1. The number of unbranched alkanes of at least 4 members (excludes halogenated alkanes) is 3. The average molecular weight is 317 g/mol. The Hall–Kier alpha value is -1.55. The molecule has 128 valence electrons. The predicted octanol–water partition coefficient (Wildman–Crippen LogP) is 3.37. The van der Waals surface area contributed by atoms with Gasteiger partial charge in [0, 0.05) is 25.2 Å². The van der Waals surface area contributed by atoms with E-state index in [9.17, 15) is 4.79 Å². The number of nitrogens with zero attached hydrogens (tertiary/aromatic N) is 1. The van der Waals surface area contributed by atoms with E-state index >= 15 is 0 Å². The molecule has 3 N–H and O–H groups in total. The summed E-state index contributed by atoms with van der Waals surface area (Å²) in [6.45, 7) is 5.10. The lowest BCUT2D eigenvalue weighted by atomic mass is 10.1. The minimum absolute atomic E-state index is 0.0640. The van der Waals surface area contributed by atoms with Gasteiger partial charge < -0.3 is 16.0 Å². The van der Waals surface area contributed by atoms with Crippen molar-refractivity contribution in [1.29, 1.82) is 0 Å². The summed E-state index contributed by atoms with van der Waals surface area (Å²) in [7, 11) is 0. The quantitative estimate of drug-likeness (QED) is 0.687. The molecule has 1 aliphatic rings. The number of nitrogens with one attached hydrogen (secondary N) is 1. The van der Waals surface area contributed by atoms with Gasteiger partial charge in [-0.15, -0.1) is 0 Å². The summed E-state index contributed by atoms with van der Waals surface area (Å²) in [6, 6.07) is 8.65. The molecular formula is C19H31N3O. The Kier molecular flexibility index (Phi) is 7.40. The highest BCUT2D eigenvalue weighted by Crippen LogP contribution is 2.24. The van der Waals surface area contributed by atoms with Crippen LogP contribution in [0.3, 0.4) is 0 Å². The Labute approximate surface area is 140 Å². The van der Waals surface area contributed by atoms with Crippen molar-refractivity contribution >= 4 is 11.6 Å². The number of anilines is 1. The van der Waals surface area contributed by atoms with Crippen molar-refractivity contribution in [2.24, 2.45) is 5.73 Å². The van der Waals surface area contributed by atoms with E-state index in [1.54, 1.807) is 0 Å². The van der Waals surface area contributed by atoms with Crippen LogP contribution in [0.4, 0.5) is 5.69 Å². The minimum Gasteiger partial charge on any atom is -0.372 e. The van der Waals surface area contributed by atoms with E-state index in [4.69, 9.17) is 5.73 Å². The largest absolute Gasteiger partial charge is 0.372 e. The predicted molar refractivity (Wildman–Crippen MR) is 96.6 cm³/mol. The first-order valence-corrected chi connectivity index (χ1v) is 9.05. The van der Waals surface area contributed by atoms with Gasteiger partial charge in [0.05, 0.1) is 6.04 Å². The van der Waals surface area contributed by atoms with Gasteiger partial charge in [0.15, 0.2) is 0 Å². The fourth-order valence-corrected chi connectivity index (χ4v) is 3.15. The van der Waals surface area contributed by atoms with E-state index in [1.807, 2.05) is 0 Å². The van der Waals surface area contributed by atoms with Gasteiger partial charge in [-0.25, -0.2) is 0 Å². The molecule has 4 heteroatoms. The Morgan fingerprint density at radius 1 is 1.22 bits per heavy atom. The fraction of sp³-hybridized carbons (Fsp3) is 0.632. The summed E-state index contributed by atoms with van der Waals surface area (Å²) < 4.78 is 0. The molecule has 1 aliphatic heterocycles. The van der Waals surface area contributed by atoms with E-state index in [-0.39, 0.29) is 11.9 Å². The number of carbonyl (C=O) groups is 1. The van der Waals surface area contributed by atoms with Gasteiger partial charge in [0.25, 0.3) is 0 Å². The van der Waals surface area contributed by atoms with E-state index in [0.717, 1.165) is 45.3 Å². The number of hydrogen-bond acceptors (Lipinski definition) is 3. The number of hydrogen-bond donors (Lipinski definition) is 2. The third-order valence-corrected chi connectivity index (χ3v) is 4.58. The minimum atomic E-state index is 0.0640. The van der Waals surface area contributed by atoms with Gasteiger partial charge in [-0.3, -0.25) is 4.79 Å². The third-order valence-electron chi connectivity index (χ3n) is 4.58. The number of benzene rings is 1. The van der Waals surface area contributed by atoms with E-state index < -0.39 is 0 Å². The molecule has 1 heterocycles. The molecule has 4 nitrogen and oxygen atoms in total. The highest BCUT2D eigenvalue weighted by molar-refractivity contribution is 5.76. The topological polar surface area (TPSA) is 58.4 Å². The molecule has 0 aromatic heterocycles. The number of amides is 1. The smallest absolute Gasteiger partial charge is 0.220 e. The first-order chi connectivity index (χ1) is 11.2. The second kappa shape index (κ2) is 9.56. The van der Waals surface area contributed by atoms with Crippen LogP contribution in [-0.2, 0) is 4.79 Å². The molecule has 0 radical (unpaired) electrons. The van der Waals surface area contributed by atoms with Crippen molar-refractivity contribution < 1.29 is 4.79 Å². The molecule has 1 fully saturated rings. The SMILES string of the molecule is CC(NC(=O)CCCCCCN)c1cccc(N2CCCC2)c1. The molecular weight excluding hydrogens is 286 g/mol. The maximum Gasteiger partial charge on any atom is 0.220 e. The first kappa shape index (κ1) is 17.8. The van der Waals surface area contributed by atoms with Gasteiger partial charge in [-0.1, -0.05) is 25.0 Å². The van der Waals surface area contributed by atoms with Gasteiger partial charge >= 0.3 is 0 Å². The van der Waals surface area contributed by atoms with Crippen LogP contribution in [0.5, 0.6) is 0 Å². The second-order valence-electron chi connectivity index (χ2n) is 6.53. The van der Waals surface area contributed by atoms with Crippen LogP contribution < -0.4 is 16.0 Å². The zero-order valence-corrected chi connectivity index (χ0v) is 14.4. The van der Waals surface area contributed by atoms with Crippen LogP contribution in [-0.4, -0.2) is 25.5 Å². The number of carbonyl (C=O) groups excluding carboxylic acids is 1. The van der Waals surface area contributed by atoms with Crippen LogP contribution in [0, 0.1) is 0 Å². The lowest BCUT2D eigenvalue weighted by Crippen LogP contribution is -2.26. The van der Waals surface area contributed by atoms with Gasteiger partial charge in [-0.2, -0.15) is 0 Å². The molecule has 1 atom stereocenters. The lowest BCUT2D eigenvalue weighted by Gasteiger charge is -2.20. The molecule has 1 unspecified atom stereocenters. The highest BCUT2D eigenvalue weighted by Gasteiger charge is 2.14. The first-order valence-electron chi connectivity index (χ1n) is 9.05. The summed E-state index contributed by atoms with van der Waals surface area (Å²) in [6.07, 6.45) is 7.39. The lowest BCUT2D eigenvalue weighted by molar-refractivity contribution is -0.121. The molecule has 2 rings (SSSR count). The van der Waals surface area contributed by atoms with Crippen molar-refractivity contribution in [3.8, 4) is 0 Å².